The number of anilines is 1. The molecule has 1 saturated heterocycles. The third-order valence-corrected chi connectivity index (χ3v) is 6.80. The lowest BCUT2D eigenvalue weighted by Gasteiger charge is -2.27. The molecule has 37 heavy (non-hydrogen) atoms. The summed E-state index contributed by atoms with van der Waals surface area (Å²) in [7, 11) is 1.98. The van der Waals surface area contributed by atoms with Crippen LogP contribution < -0.4 is 10.2 Å². The van der Waals surface area contributed by atoms with Crippen molar-refractivity contribution in [3.05, 3.63) is 88.7 Å². The molecule has 2 amide bonds. The Morgan fingerprint density at radius 1 is 1.00 bits per heavy atom. The molecule has 194 valence electrons. The number of carbonyl (C=O) groups excluding carboxylic acids is 2. The van der Waals surface area contributed by atoms with Gasteiger partial charge in [-0.25, -0.2) is 9.97 Å². The SMILES string of the molecule is CN(CCc1ccccc1)c1ncc(C(=O)N2CCNC(=O)C2)c(CCc2ccc(C(C)(C)C)cc2)n1. The van der Waals surface area contributed by atoms with E-state index in [9.17, 15) is 9.59 Å². The predicted octanol–water partition coefficient (Wildman–Crippen LogP) is 3.81. The second kappa shape index (κ2) is 11.5. The summed E-state index contributed by atoms with van der Waals surface area (Å²) < 4.78 is 0. The number of hydrogen-bond donors (Lipinski definition) is 1. The monoisotopic (exact) mass is 499 g/mol. The van der Waals surface area contributed by atoms with Gasteiger partial charge in [-0.05, 0) is 41.4 Å². The average Bonchev–Trinajstić information content (AvgIpc) is 2.90. The van der Waals surface area contributed by atoms with Gasteiger partial charge in [0.05, 0.1) is 17.8 Å². The van der Waals surface area contributed by atoms with Crippen molar-refractivity contribution in [1.82, 2.24) is 20.2 Å². The number of aryl methyl sites for hydroxylation is 2. The number of hydrogen-bond acceptors (Lipinski definition) is 5. The van der Waals surface area contributed by atoms with Crippen molar-refractivity contribution in [2.45, 2.75) is 45.4 Å². The van der Waals surface area contributed by atoms with Crippen LogP contribution >= 0.6 is 0 Å². The largest absolute Gasteiger partial charge is 0.353 e. The molecule has 0 aliphatic carbocycles. The Morgan fingerprint density at radius 3 is 2.38 bits per heavy atom. The van der Waals surface area contributed by atoms with Gasteiger partial charge in [0.1, 0.15) is 0 Å². The zero-order valence-electron chi connectivity index (χ0n) is 22.3. The first-order valence-corrected chi connectivity index (χ1v) is 13.0. The maximum absolute atomic E-state index is 13.4. The number of piperazine rings is 1. The van der Waals surface area contributed by atoms with Crippen molar-refractivity contribution >= 4 is 17.8 Å². The summed E-state index contributed by atoms with van der Waals surface area (Å²) in [6.07, 6.45) is 3.88. The van der Waals surface area contributed by atoms with E-state index in [2.05, 4.69) is 67.5 Å². The van der Waals surface area contributed by atoms with Gasteiger partial charge in [0.2, 0.25) is 11.9 Å². The first-order valence-electron chi connectivity index (χ1n) is 13.0. The van der Waals surface area contributed by atoms with E-state index in [1.165, 1.54) is 16.7 Å². The molecule has 4 rings (SSSR count). The predicted molar refractivity (Wildman–Crippen MR) is 147 cm³/mol. The normalized spacial score (nSPS) is 13.8. The van der Waals surface area contributed by atoms with Crippen LogP contribution in [0.4, 0.5) is 5.95 Å². The number of nitrogens with zero attached hydrogens (tertiary/aromatic N) is 4. The van der Waals surface area contributed by atoms with E-state index in [0.717, 1.165) is 19.4 Å². The minimum atomic E-state index is -0.189. The van der Waals surface area contributed by atoms with Crippen LogP contribution in [0.2, 0.25) is 0 Å². The fraction of sp³-hybridized carbons (Fsp3) is 0.400. The molecule has 0 bridgehead atoms. The van der Waals surface area contributed by atoms with Crippen LogP contribution in [0, 0.1) is 0 Å². The van der Waals surface area contributed by atoms with Crippen LogP contribution in [0.5, 0.6) is 0 Å². The van der Waals surface area contributed by atoms with Crippen LogP contribution in [-0.2, 0) is 29.5 Å². The number of likely N-dealkylation sites (N-methyl/N-ethyl adjacent to an activating group) is 1. The zero-order chi connectivity index (χ0) is 26.4. The van der Waals surface area contributed by atoms with E-state index in [4.69, 9.17) is 4.98 Å². The molecular formula is C30H37N5O2. The molecular weight excluding hydrogens is 462 g/mol. The molecule has 2 aromatic carbocycles. The molecule has 0 spiro atoms. The summed E-state index contributed by atoms with van der Waals surface area (Å²) >= 11 is 0. The van der Waals surface area contributed by atoms with Gasteiger partial charge in [0, 0.05) is 32.9 Å². The van der Waals surface area contributed by atoms with Gasteiger partial charge in [-0.1, -0.05) is 75.4 Å². The van der Waals surface area contributed by atoms with Crippen molar-refractivity contribution in [3.63, 3.8) is 0 Å². The Kier molecular flexibility index (Phi) is 8.21. The van der Waals surface area contributed by atoms with Gasteiger partial charge >= 0.3 is 0 Å². The summed E-state index contributed by atoms with van der Waals surface area (Å²) in [4.78, 5) is 38.3. The van der Waals surface area contributed by atoms with Crippen molar-refractivity contribution < 1.29 is 9.59 Å². The van der Waals surface area contributed by atoms with Crippen LogP contribution in [0.15, 0.2) is 60.8 Å². The molecule has 1 aromatic heterocycles. The summed E-state index contributed by atoms with van der Waals surface area (Å²) in [6, 6.07) is 19.0. The van der Waals surface area contributed by atoms with E-state index in [0.29, 0.717) is 36.7 Å². The highest BCUT2D eigenvalue weighted by Crippen LogP contribution is 2.23. The Morgan fingerprint density at radius 2 is 1.70 bits per heavy atom. The van der Waals surface area contributed by atoms with E-state index in [-0.39, 0.29) is 23.8 Å². The molecule has 0 unspecified atom stereocenters. The zero-order valence-corrected chi connectivity index (χ0v) is 22.3. The number of benzene rings is 2. The fourth-order valence-corrected chi connectivity index (χ4v) is 4.42. The Hall–Kier alpha value is -3.74. The fourth-order valence-electron chi connectivity index (χ4n) is 4.42. The second-order valence-electron chi connectivity index (χ2n) is 10.7. The third kappa shape index (κ3) is 6.94. The molecule has 7 heteroatoms. The van der Waals surface area contributed by atoms with Gasteiger partial charge in [-0.2, -0.15) is 0 Å². The topological polar surface area (TPSA) is 78.4 Å². The molecule has 0 atom stereocenters. The first-order chi connectivity index (χ1) is 17.7. The molecule has 7 nitrogen and oxygen atoms in total. The van der Waals surface area contributed by atoms with Crippen molar-refractivity contribution in [2.75, 3.05) is 38.1 Å². The van der Waals surface area contributed by atoms with Gasteiger partial charge in [0.15, 0.2) is 0 Å². The molecule has 0 saturated carbocycles. The highest BCUT2D eigenvalue weighted by atomic mass is 16.2. The van der Waals surface area contributed by atoms with Crippen LogP contribution in [0.1, 0.15) is 53.5 Å². The van der Waals surface area contributed by atoms with Crippen LogP contribution in [0.25, 0.3) is 0 Å². The van der Waals surface area contributed by atoms with E-state index in [1.807, 2.05) is 30.1 Å². The molecule has 1 aliphatic rings. The average molecular weight is 500 g/mol. The third-order valence-electron chi connectivity index (χ3n) is 6.80. The molecule has 0 radical (unpaired) electrons. The number of rotatable bonds is 8. The Balaban J connectivity index is 1.54. The summed E-state index contributed by atoms with van der Waals surface area (Å²) in [6.45, 7) is 8.38. The number of carbonyl (C=O) groups is 2. The lowest BCUT2D eigenvalue weighted by atomic mass is 9.86. The number of aromatic nitrogens is 2. The molecule has 1 aliphatic heterocycles. The summed E-state index contributed by atoms with van der Waals surface area (Å²) in [5, 5.41) is 2.78. The smallest absolute Gasteiger partial charge is 0.257 e. The quantitative estimate of drug-likeness (QED) is 0.510. The molecule has 3 aromatic rings. The molecule has 2 heterocycles. The minimum absolute atomic E-state index is 0.0608. The van der Waals surface area contributed by atoms with E-state index < -0.39 is 0 Å². The van der Waals surface area contributed by atoms with Crippen molar-refractivity contribution in [1.29, 1.82) is 0 Å². The van der Waals surface area contributed by atoms with Crippen molar-refractivity contribution in [3.8, 4) is 0 Å². The Bertz CT molecular complexity index is 1220. The maximum Gasteiger partial charge on any atom is 0.257 e. The standard InChI is InChI=1S/C30H37N5O2/c1-30(2,3)24-13-10-23(11-14-24)12-15-26-25(28(37)35-19-17-31-27(36)21-35)20-32-29(33-26)34(4)18-16-22-8-6-5-7-9-22/h5-11,13-14,20H,12,15-19,21H2,1-4H3,(H,31,36). The Labute approximate surface area is 219 Å². The number of amides is 2. The molecule has 1 fully saturated rings. The van der Waals surface area contributed by atoms with Gasteiger partial charge < -0.3 is 15.1 Å². The second-order valence-corrected chi connectivity index (χ2v) is 10.7. The maximum atomic E-state index is 13.4. The van der Waals surface area contributed by atoms with Gasteiger partial charge in [-0.15, -0.1) is 0 Å². The van der Waals surface area contributed by atoms with Gasteiger partial charge in [0.25, 0.3) is 5.91 Å². The summed E-state index contributed by atoms with van der Waals surface area (Å²) in [5.41, 5.74) is 5.03. The van der Waals surface area contributed by atoms with Crippen molar-refractivity contribution in [2.24, 2.45) is 0 Å². The summed E-state index contributed by atoms with van der Waals surface area (Å²) in [5.74, 6) is 0.270. The first kappa shape index (κ1) is 26.3. The lowest BCUT2D eigenvalue weighted by Crippen LogP contribution is -2.50. The molecule has 1 N–H and O–H groups in total. The highest BCUT2D eigenvalue weighted by Gasteiger charge is 2.25. The van der Waals surface area contributed by atoms with Gasteiger partial charge in [-0.3, -0.25) is 9.59 Å². The van der Waals surface area contributed by atoms with E-state index in [1.54, 1.807) is 11.1 Å². The number of nitrogens with one attached hydrogen (secondary N) is 1. The van der Waals surface area contributed by atoms with Crippen LogP contribution in [0.3, 0.4) is 0 Å². The highest BCUT2D eigenvalue weighted by molar-refractivity contribution is 5.97. The minimum Gasteiger partial charge on any atom is -0.353 e. The lowest BCUT2D eigenvalue weighted by molar-refractivity contribution is -0.123. The van der Waals surface area contributed by atoms with Crippen LogP contribution in [-0.4, -0.2) is 59.9 Å². The van der Waals surface area contributed by atoms with E-state index >= 15 is 0 Å².